The first kappa shape index (κ1) is 24.7. The molecule has 3 aromatic rings. The number of carbonyl (C=O) groups is 2. The second-order valence-electron chi connectivity index (χ2n) is 7.51. The number of alkyl halides is 2. The number of ether oxygens (including phenoxy) is 3. The Hall–Kier alpha value is -3.94. The Labute approximate surface area is 196 Å². The molecule has 34 heavy (non-hydrogen) atoms. The monoisotopic (exact) mass is 469 g/mol. The zero-order chi connectivity index (χ0) is 24.7. The number of aromatic nitrogens is 1. The molecule has 0 saturated carbocycles. The van der Waals surface area contributed by atoms with Crippen LogP contribution in [0, 0.1) is 13.8 Å². The summed E-state index contributed by atoms with van der Waals surface area (Å²) in [5.41, 5.74) is 3.86. The molecule has 0 spiro atoms. The van der Waals surface area contributed by atoms with Gasteiger partial charge in [-0.3, -0.25) is 4.79 Å². The van der Waals surface area contributed by atoms with Gasteiger partial charge in [0, 0.05) is 29.6 Å². The SMILES string of the molecule is COc1cc(/C=C/C(=O)OCC(=O)c2cc(C)n(Cc3ccccc3)c2C)ccc1OC(F)F. The lowest BCUT2D eigenvalue weighted by Crippen LogP contribution is -2.13. The molecule has 0 amide bonds. The summed E-state index contributed by atoms with van der Waals surface area (Å²) in [6.07, 6.45) is 2.57. The first-order valence-corrected chi connectivity index (χ1v) is 10.5. The third-order valence-electron chi connectivity index (χ3n) is 5.22. The van der Waals surface area contributed by atoms with Crippen LogP contribution in [0.3, 0.4) is 0 Å². The highest BCUT2D eigenvalue weighted by atomic mass is 19.3. The van der Waals surface area contributed by atoms with Crippen molar-refractivity contribution in [2.75, 3.05) is 13.7 Å². The van der Waals surface area contributed by atoms with Crippen molar-refractivity contribution in [2.24, 2.45) is 0 Å². The normalized spacial score (nSPS) is 11.1. The van der Waals surface area contributed by atoms with Crippen LogP contribution in [-0.2, 0) is 16.1 Å². The maximum atomic E-state index is 12.7. The summed E-state index contributed by atoms with van der Waals surface area (Å²) in [4.78, 5) is 24.8. The van der Waals surface area contributed by atoms with Crippen molar-refractivity contribution in [3.05, 3.63) is 88.8 Å². The van der Waals surface area contributed by atoms with Crippen LogP contribution in [0.2, 0.25) is 0 Å². The molecule has 6 nitrogen and oxygen atoms in total. The van der Waals surface area contributed by atoms with E-state index in [4.69, 9.17) is 9.47 Å². The second-order valence-corrected chi connectivity index (χ2v) is 7.51. The molecule has 0 unspecified atom stereocenters. The number of rotatable bonds is 10. The molecule has 8 heteroatoms. The third kappa shape index (κ3) is 6.31. The maximum absolute atomic E-state index is 12.7. The number of carbonyl (C=O) groups excluding carboxylic acids is 2. The Balaban J connectivity index is 1.60. The number of esters is 1. The molecule has 0 fully saturated rings. The fourth-order valence-electron chi connectivity index (χ4n) is 3.50. The first-order valence-electron chi connectivity index (χ1n) is 10.5. The van der Waals surface area contributed by atoms with E-state index in [1.807, 2.05) is 48.7 Å². The molecular formula is C26H25F2NO5. The predicted octanol–water partition coefficient (Wildman–Crippen LogP) is 5.20. The molecule has 1 aromatic heterocycles. The minimum absolute atomic E-state index is 0.0943. The summed E-state index contributed by atoms with van der Waals surface area (Å²) in [6.45, 7) is 1.04. The van der Waals surface area contributed by atoms with Gasteiger partial charge in [0.2, 0.25) is 5.78 Å². The van der Waals surface area contributed by atoms with Gasteiger partial charge >= 0.3 is 12.6 Å². The Morgan fingerprint density at radius 2 is 1.76 bits per heavy atom. The van der Waals surface area contributed by atoms with Crippen LogP contribution in [0.25, 0.3) is 6.08 Å². The topological polar surface area (TPSA) is 66.8 Å². The number of benzene rings is 2. The largest absolute Gasteiger partial charge is 0.493 e. The van der Waals surface area contributed by atoms with Crippen LogP contribution in [-0.4, -0.2) is 36.6 Å². The van der Waals surface area contributed by atoms with E-state index in [1.165, 1.54) is 31.4 Å². The van der Waals surface area contributed by atoms with Crippen molar-refractivity contribution in [3.63, 3.8) is 0 Å². The lowest BCUT2D eigenvalue weighted by Gasteiger charge is -2.10. The summed E-state index contributed by atoms with van der Waals surface area (Å²) < 4.78 is 41.4. The van der Waals surface area contributed by atoms with Crippen molar-refractivity contribution < 1.29 is 32.6 Å². The maximum Gasteiger partial charge on any atom is 0.387 e. The van der Waals surface area contributed by atoms with Gasteiger partial charge in [-0.1, -0.05) is 36.4 Å². The molecule has 0 bridgehead atoms. The van der Waals surface area contributed by atoms with Crippen LogP contribution in [0.5, 0.6) is 11.5 Å². The van der Waals surface area contributed by atoms with Crippen LogP contribution in [0.4, 0.5) is 8.78 Å². The van der Waals surface area contributed by atoms with Crippen molar-refractivity contribution in [3.8, 4) is 11.5 Å². The van der Waals surface area contributed by atoms with Crippen molar-refractivity contribution >= 4 is 17.8 Å². The molecule has 0 atom stereocenters. The van der Waals surface area contributed by atoms with Crippen molar-refractivity contribution in [1.29, 1.82) is 0 Å². The van der Waals surface area contributed by atoms with E-state index >= 15 is 0 Å². The van der Waals surface area contributed by atoms with Crippen molar-refractivity contribution in [2.45, 2.75) is 27.0 Å². The minimum Gasteiger partial charge on any atom is -0.493 e. The van der Waals surface area contributed by atoms with E-state index in [0.717, 1.165) is 23.0 Å². The highest BCUT2D eigenvalue weighted by Gasteiger charge is 2.17. The van der Waals surface area contributed by atoms with Crippen molar-refractivity contribution in [1.82, 2.24) is 4.57 Å². The van der Waals surface area contributed by atoms with Gasteiger partial charge in [0.1, 0.15) is 0 Å². The molecule has 0 saturated heterocycles. The van der Waals surface area contributed by atoms with E-state index < -0.39 is 19.2 Å². The summed E-state index contributed by atoms with van der Waals surface area (Å²) in [7, 11) is 1.32. The summed E-state index contributed by atoms with van der Waals surface area (Å²) in [6, 6.07) is 15.9. The van der Waals surface area contributed by atoms with E-state index in [0.29, 0.717) is 17.7 Å². The lowest BCUT2D eigenvalue weighted by molar-refractivity contribution is -0.136. The quantitative estimate of drug-likeness (QED) is 0.232. The van der Waals surface area contributed by atoms with Gasteiger partial charge in [-0.2, -0.15) is 8.78 Å². The van der Waals surface area contributed by atoms with Gasteiger partial charge in [-0.25, -0.2) is 4.79 Å². The van der Waals surface area contributed by atoms with Gasteiger partial charge in [-0.15, -0.1) is 0 Å². The number of nitrogens with zero attached hydrogens (tertiary/aromatic N) is 1. The standard InChI is InChI=1S/C26H25F2NO5/c1-17-13-21(18(2)29(17)15-20-7-5-4-6-8-20)22(30)16-33-25(31)12-10-19-9-11-23(34-26(27)28)24(14-19)32-3/h4-14,26H,15-16H2,1-3H3/b12-10+. The highest BCUT2D eigenvalue weighted by Crippen LogP contribution is 2.29. The van der Waals surface area contributed by atoms with Gasteiger partial charge in [0.25, 0.3) is 0 Å². The smallest absolute Gasteiger partial charge is 0.387 e. The Bertz CT molecular complexity index is 1190. The van der Waals surface area contributed by atoms with Crippen LogP contribution in [0.15, 0.2) is 60.7 Å². The average molecular weight is 469 g/mol. The minimum atomic E-state index is -2.98. The number of hydrogen-bond donors (Lipinski definition) is 0. The molecule has 2 aromatic carbocycles. The first-order chi connectivity index (χ1) is 16.3. The lowest BCUT2D eigenvalue weighted by atomic mass is 10.1. The third-order valence-corrected chi connectivity index (χ3v) is 5.22. The van der Waals surface area contributed by atoms with E-state index in [9.17, 15) is 18.4 Å². The van der Waals surface area contributed by atoms with E-state index in [1.54, 1.807) is 6.07 Å². The van der Waals surface area contributed by atoms with Crippen LogP contribution < -0.4 is 9.47 Å². The molecule has 0 aliphatic carbocycles. The molecule has 0 aliphatic rings. The van der Waals surface area contributed by atoms with Gasteiger partial charge in [-0.05, 0) is 49.2 Å². The fourth-order valence-corrected chi connectivity index (χ4v) is 3.50. The highest BCUT2D eigenvalue weighted by molar-refractivity contribution is 6.00. The van der Waals surface area contributed by atoms with Crippen LogP contribution in [0.1, 0.15) is 32.9 Å². The summed E-state index contributed by atoms with van der Waals surface area (Å²) in [5, 5.41) is 0. The van der Waals surface area contributed by atoms with Gasteiger partial charge in [0.15, 0.2) is 18.1 Å². The molecule has 0 aliphatic heterocycles. The zero-order valence-corrected chi connectivity index (χ0v) is 19.1. The Morgan fingerprint density at radius 3 is 2.44 bits per heavy atom. The van der Waals surface area contributed by atoms with Gasteiger partial charge < -0.3 is 18.8 Å². The molecule has 0 N–H and O–H groups in total. The molecule has 3 rings (SSSR count). The fraction of sp³-hybridized carbons (Fsp3) is 0.231. The van der Waals surface area contributed by atoms with E-state index in [-0.39, 0.29) is 17.3 Å². The number of methoxy groups -OCH3 is 1. The molecule has 0 radical (unpaired) electrons. The zero-order valence-electron chi connectivity index (χ0n) is 19.1. The summed E-state index contributed by atoms with van der Waals surface area (Å²) in [5.74, 6) is -1.04. The molecular weight excluding hydrogens is 444 g/mol. The number of Topliss-reactive ketones (excluding diaryl/α,β-unsaturated/α-hetero) is 1. The Kier molecular flexibility index (Phi) is 8.19. The van der Waals surface area contributed by atoms with Crippen LogP contribution >= 0.6 is 0 Å². The number of halogens is 2. The Morgan fingerprint density at radius 1 is 1.03 bits per heavy atom. The van der Waals surface area contributed by atoms with E-state index in [2.05, 4.69) is 4.74 Å². The second kappa shape index (κ2) is 11.3. The summed E-state index contributed by atoms with van der Waals surface area (Å²) >= 11 is 0. The average Bonchev–Trinajstić information content (AvgIpc) is 3.10. The number of ketones is 1. The number of aryl methyl sites for hydroxylation is 1. The molecule has 1 heterocycles. The number of hydrogen-bond acceptors (Lipinski definition) is 5. The van der Waals surface area contributed by atoms with Gasteiger partial charge in [0.05, 0.1) is 7.11 Å². The molecule has 178 valence electrons. The predicted molar refractivity (Wildman–Crippen MR) is 123 cm³/mol.